The van der Waals surface area contributed by atoms with Gasteiger partial charge >= 0.3 is 0 Å². The molecular formula is C10H15N3O3S. The van der Waals surface area contributed by atoms with Gasteiger partial charge in [-0.3, -0.25) is 0 Å². The Morgan fingerprint density at radius 3 is 2.71 bits per heavy atom. The number of nitrogens with two attached hydrogens (primary N) is 1. The molecule has 6 nitrogen and oxygen atoms in total. The van der Waals surface area contributed by atoms with Crippen molar-refractivity contribution in [2.24, 2.45) is 10.9 Å². The van der Waals surface area contributed by atoms with Crippen molar-refractivity contribution in [1.29, 1.82) is 0 Å². The number of nitrogens with zero attached hydrogens (tertiary/aromatic N) is 2. The minimum Gasteiger partial charge on any atom is -0.409 e. The van der Waals surface area contributed by atoms with Crippen LogP contribution in [0.3, 0.4) is 0 Å². The second-order valence-corrected chi connectivity index (χ2v) is 5.48. The lowest BCUT2D eigenvalue weighted by Crippen LogP contribution is -2.26. The zero-order valence-electron chi connectivity index (χ0n) is 9.66. The van der Waals surface area contributed by atoms with Crippen LogP contribution < -0.4 is 5.73 Å². The van der Waals surface area contributed by atoms with Crippen LogP contribution in [0.5, 0.6) is 0 Å². The van der Waals surface area contributed by atoms with Crippen LogP contribution in [-0.2, 0) is 10.0 Å². The molecule has 0 saturated carbocycles. The van der Waals surface area contributed by atoms with E-state index in [4.69, 9.17) is 10.9 Å². The number of benzene rings is 1. The Morgan fingerprint density at radius 2 is 2.18 bits per heavy atom. The summed E-state index contributed by atoms with van der Waals surface area (Å²) in [5, 5.41) is 11.4. The number of sulfonamides is 1. The maximum atomic E-state index is 12.0. The summed E-state index contributed by atoms with van der Waals surface area (Å²) in [5.41, 5.74) is 5.77. The maximum Gasteiger partial charge on any atom is 0.242 e. The third kappa shape index (κ3) is 2.75. The lowest BCUT2D eigenvalue weighted by molar-refractivity contribution is 0.318. The Hall–Kier alpha value is -1.60. The molecule has 0 aromatic heterocycles. The molecule has 1 aromatic rings. The molecule has 94 valence electrons. The summed E-state index contributed by atoms with van der Waals surface area (Å²) in [6.07, 6.45) is 0. The van der Waals surface area contributed by atoms with Crippen molar-refractivity contribution in [1.82, 2.24) is 4.31 Å². The van der Waals surface area contributed by atoms with Crippen molar-refractivity contribution in [3.8, 4) is 0 Å². The van der Waals surface area contributed by atoms with Crippen molar-refractivity contribution >= 4 is 15.9 Å². The average molecular weight is 257 g/mol. The Balaban J connectivity index is 3.26. The third-order valence-corrected chi connectivity index (χ3v) is 4.32. The normalized spacial score (nSPS) is 13.0. The number of amidine groups is 1. The Morgan fingerprint density at radius 1 is 1.53 bits per heavy atom. The second-order valence-electron chi connectivity index (χ2n) is 3.43. The molecule has 0 aliphatic rings. The Labute approximate surface area is 100 Å². The van der Waals surface area contributed by atoms with Crippen LogP contribution in [0.4, 0.5) is 0 Å². The van der Waals surface area contributed by atoms with Crippen LogP contribution in [-0.4, -0.2) is 37.4 Å². The van der Waals surface area contributed by atoms with Crippen molar-refractivity contribution in [3.05, 3.63) is 29.8 Å². The average Bonchev–Trinajstić information content (AvgIpc) is 2.36. The quantitative estimate of drug-likeness (QED) is 0.353. The number of oxime groups is 1. The van der Waals surface area contributed by atoms with E-state index >= 15 is 0 Å². The molecule has 3 N–H and O–H groups in total. The summed E-state index contributed by atoms with van der Waals surface area (Å²) >= 11 is 0. The minimum absolute atomic E-state index is 0.117. The summed E-state index contributed by atoms with van der Waals surface area (Å²) < 4.78 is 25.2. The van der Waals surface area contributed by atoms with E-state index in [2.05, 4.69) is 5.16 Å². The fourth-order valence-electron chi connectivity index (χ4n) is 1.22. The number of rotatable bonds is 4. The molecule has 1 rings (SSSR count). The van der Waals surface area contributed by atoms with Crippen molar-refractivity contribution in [2.75, 3.05) is 13.6 Å². The van der Waals surface area contributed by atoms with Crippen molar-refractivity contribution in [3.63, 3.8) is 0 Å². The molecule has 7 heteroatoms. The van der Waals surface area contributed by atoms with Crippen LogP contribution in [0.25, 0.3) is 0 Å². The van der Waals surface area contributed by atoms with Crippen molar-refractivity contribution in [2.45, 2.75) is 11.8 Å². The molecule has 0 heterocycles. The van der Waals surface area contributed by atoms with Crippen LogP contribution in [0.1, 0.15) is 12.5 Å². The van der Waals surface area contributed by atoms with Gasteiger partial charge in [-0.1, -0.05) is 24.2 Å². The van der Waals surface area contributed by atoms with Crippen LogP contribution in [0.15, 0.2) is 34.3 Å². The van der Waals surface area contributed by atoms with E-state index in [1.165, 1.54) is 23.5 Å². The summed E-state index contributed by atoms with van der Waals surface area (Å²) in [6, 6.07) is 5.95. The first-order valence-corrected chi connectivity index (χ1v) is 6.41. The molecule has 0 atom stereocenters. The third-order valence-electron chi connectivity index (χ3n) is 2.39. The standard InChI is InChI=1S/C10H15N3O3S/c1-3-13(2)17(15,16)9-6-4-5-8(7-9)10(11)12-14/h4-7,14H,3H2,1-2H3,(H2,11,12). The molecule has 0 radical (unpaired) electrons. The Bertz CT molecular complexity index is 525. The molecule has 0 spiro atoms. The zero-order valence-corrected chi connectivity index (χ0v) is 10.5. The molecule has 0 saturated heterocycles. The van der Waals surface area contributed by atoms with Gasteiger partial charge in [-0.25, -0.2) is 12.7 Å². The molecule has 0 unspecified atom stereocenters. The van der Waals surface area contributed by atoms with E-state index in [1.807, 2.05) is 0 Å². The summed E-state index contributed by atoms with van der Waals surface area (Å²) in [5.74, 6) is -0.124. The summed E-state index contributed by atoms with van der Waals surface area (Å²) in [7, 11) is -2.02. The highest BCUT2D eigenvalue weighted by Gasteiger charge is 2.19. The van der Waals surface area contributed by atoms with E-state index in [0.29, 0.717) is 12.1 Å². The van der Waals surface area contributed by atoms with Gasteiger partial charge in [-0.2, -0.15) is 0 Å². The van der Waals surface area contributed by atoms with Crippen LogP contribution in [0, 0.1) is 0 Å². The topological polar surface area (TPSA) is 96.0 Å². The van der Waals surface area contributed by atoms with Gasteiger partial charge in [0.1, 0.15) is 0 Å². The maximum absolute atomic E-state index is 12.0. The predicted octanol–water partition coefficient (Wildman–Crippen LogP) is 0.422. The molecule has 1 aromatic carbocycles. The van der Waals surface area contributed by atoms with Gasteiger partial charge in [0.25, 0.3) is 0 Å². The molecule has 0 fully saturated rings. The summed E-state index contributed by atoms with van der Waals surface area (Å²) in [6.45, 7) is 2.11. The SMILES string of the molecule is CCN(C)S(=O)(=O)c1cccc(C(N)=NO)c1. The monoisotopic (exact) mass is 257 g/mol. The largest absolute Gasteiger partial charge is 0.409 e. The smallest absolute Gasteiger partial charge is 0.242 e. The fourth-order valence-corrected chi connectivity index (χ4v) is 2.45. The zero-order chi connectivity index (χ0) is 13.1. The minimum atomic E-state index is -3.51. The van der Waals surface area contributed by atoms with Gasteiger partial charge in [-0.15, -0.1) is 0 Å². The molecular weight excluding hydrogens is 242 g/mol. The highest BCUT2D eigenvalue weighted by molar-refractivity contribution is 7.89. The lowest BCUT2D eigenvalue weighted by Gasteiger charge is -2.15. The van der Waals surface area contributed by atoms with Gasteiger partial charge in [0.2, 0.25) is 10.0 Å². The number of hydrogen-bond acceptors (Lipinski definition) is 4. The van der Waals surface area contributed by atoms with E-state index in [9.17, 15) is 8.42 Å². The molecule has 0 aliphatic carbocycles. The highest BCUT2D eigenvalue weighted by atomic mass is 32.2. The number of hydrogen-bond donors (Lipinski definition) is 2. The van der Waals surface area contributed by atoms with E-state index in [-0.39, 0.29) is 10.7 Å². The highest BCUT2D eigenvalue weighted by Crippen LogP contribution is 2.15. The first-order chi connectivity index (χ1) is 7.93. The second kappa shape index (κ2) is 5.15. The van der Waals surface area contributed by atoms with Gasteiger partial charge in [0.05, 0.1) is 4.90 Å². The van der Waals surface area contributed by atoms with Crippen LogP contribution >= 0.6 is 0 Å². The van der Waals surface area contributed by atoms with Crippen LogP contribution in [0.2, 0.25) is 0 Å². The fraction of sp³-hybridized carbons (Fsp3) is 0.300. The van der Waals surface area contributed by atoms with Gasteiger partial charge in [0, 0.05) is 19.2 Å². The lowest BCUT2D eigenvalue weighted by atomic mass is 10.2. The van der Waals surface area contributed by atoms with E-state index in [0.717, 1.165) is 0 Å². The predicted molar refractivity (Wildman–Crippen MR) is 64.4 cm³/mol. The molecule has 0 bridgehead atoms. The Kier molecular flexibility index (Phi) is 4.08. The molecule has 17 heavy (non-hydrogen) atoms. The van der Waals surface area contributed by atoms with Gasteiger partial charge in [0.15, 0.2) is 5.84 Å². The first kappa shape index (κ1) is 13.5. The van der Waals surface area contributed by atoms with Gasteiger partial charge in [-0.05, 0) is 12.1 Å². The van der Waals surface area contributed by atoms with Gasteiger partial charge < -0.3 is 10.9 Å². The summed E-state index contributed by atoms with van der Waals surface area (Å²) in [4.78, 5) is 0.117. The van der Waals surface area contributed by atoms with E-state index in [1.54, 1.807) is 19.1 Å². The molecule has 0 amide bonds. The first-order valence-electron chi connectivity index (χ1n) is 4.97. The van der Waals surface area contributed by atoms with E-state index < -0.39 is 10.0 Å². The molecule has 0 aliphatic heterocycles. The van der Waals surface area contributed by atoms with Crippen molar-refractivity contribution < 1.29 is 13.6 Å².